The molecular weight excluding hydrogens is 198 g/mol. The molecule has 1 aromatic carbocycles. The first-order valence-corrected chi connectivity index (χ1v) is 5.88. The van der Waals surface area contributed by atoms with E-state index in [2.05, 4.69) is 36.2 Å². The fraction of sp³-hybridized carbons (Fsp3) is 0.462. The molecule has 1 heterocycles. The van der Waals surface area contributed by atoms with E-state index in [0.717, 1.165) is 18.4 Å². The standard InChI is InChI=1S/C13H17N3/c1-8(2)12-11-9(13(14)6-7-13)4-3-5-10(11)15-16-12/h3-5,8H,6-7,14H2,1-2H3,(H,15,16). The molecule has 0 atom stereocenters. The molecule has 84 valence electrons. The van der Waals surface area contributed by atoms with Crippen molar-refractivity contribution in [3.63, 3.8) is 0 Å². The van der Waals surface area contributed by atoms with Gasteiger partial charge >= 0.3 is 0 Å². The normalized spacial score (nSPS) is 18.2. The fourth-order valence-electron chi connectivity index (χ4n) is 2.33. The van der Waals surface area contributed by atoms with Crippen molar-refractivity contribution in [3.8, 4) is 0 Å². The van der Waals surface area contributed by atoms with E-state index in [0.29, 0.717) is 5.92 Å². The lowest BCUT2D eigenvalue weighted by molar-refractivity contribution is 0.744. The van der Waals surface area contributed by atoms with Gasteiger partial charge in [0.05, 0.1) is 5.52 Å². The van der Waals surface area contributed by atoms with Gasteiger partial charge in [0.1, 0.15) is 0 Å². The lowest BCUT2D eigenvalue weighted by atomic mass is 9.96. The third-order valence-electron chi connectivity index (χ3n) is 3.51. The van der Waals surface area contributed by atoms with Crippen LogP contribution in [0.3, 0.4) is 0 Å². The van der Waals surface area contributed by atoms with Gasteiger partial charge in [-0.1, -0.05) is 26.0 Å². The summed E-state index contributed by atoms with van der Waals surface area (Å²) in [6, 6.07) is 6.25. The molecular formula is C13H17N3. The Balaban J connectivity index is 2.31. The van der Waals surface area contributed by atoms with E-state index in [1.807, 2.05) is 6.07 Å². The minimum atomic E-state index is -0.0903. The molecule has 0 radical (unpaired) electrons. The quantitative estimate of drug-likeness (QED) is 0.809. The van der Waals surface area contributed by atoms with Crippen LogP contribution in [0.1, 0.15) is 43.9 Å². The molecule has 16 heavy (non-hydrogen) atoms. The van der Waals surface area contributed by atoms with Gasteiger partial charge in [0.25, 0.3) is 0 Å². The number of fused-ring (bicyclic) bond motifs is 1. The molecule has 0 spiro atoms. The van der Waals surface area contributed by atoms with Crippen LogP contribution in [0.4, 0.5) is 0 Å². The topological polar surface area (TPSA) is 54.7 Å². The fourth-order valence-corrected chi connectivity index (χ4v) is 2.33. The SMILES string of the molecule is CC(C)c1[nH]nc2cccc(C3(N)CC3)c12. The average molecular weight is 215 g/mol. The highest BCUT2D eigenvalue weighted by molar-refractivity contribution is 5.86. The highest BCUT2D eigenvalue weighted by Gasteiger charge is 2.41. The van der Waals surface area contributed by atoms with E-state index in [-0.39, 0.29) is 5.54 Å². The van der Waals surface area contributed by atoms with Gasteiger partial charge in [-0.25, -0.2) is 0 Å². The van der Waals surface area contributed by atoms with Crippen LogP contribution in [0, 0.1) is 0 Å². The number of nitrogens with two attached hydrogens (primary N) is 1. The summed E-state index contributed by atoms with van der Waals surface area (Å²) in [6.07, 6.45) is 2.18. The summed E-state index contributed by atoms with van der Waals surface area (Å²) in [4.78, 5) is 0. The molecule has 1 aliphatic rings. The summed E-state index contributed by atoms with van der Waals surface area (Å²) >= 11 is 0. The smallest absolute Gasteiger partial charge is 0.0927 e. The highest BCUT2D eigenvalue weighted by atomic mass is 15.1. The Labute approximate surface area is 95.0 Å². The van der Waals surface area contributed by atoms with Gasteiger partial charge in [0.2, 0.25) is 0 Å². The monoisotopic (exact) mass is 215 g/mol. The van der Waals surface area contributed by atoms with Crippen molar-refractivity contribution in [1.82, 2.24) is 10.2 Å². The molecule has 0 aliphatic heterocycles. The summed E-state index contributed by atoms with van der Waals surface area (Å²) in [5, 5.41) is 8.76. The minimum absolute atomic E-state index is 0.0903. The Morgan fingerprint density at radius 3 is 2.75 bits per heavy atom. The number of nitrogens with zero attached hydrogens (tertiary/aromatic N) is 1. The summed E-state index contributed by atoms with van der Waals surface area (Å²) < 4.78 is 0. The van der Waals surface area contributed by atoms with Crippen LogP contribution in [-0.4, -0.2) is 10.2 Å². The Bertz CT molecular complexity index is 535. The molecule has 0 bridgehead atoms. The summed E-state index contributed by atoms with van der Waals surface area (Å²) in [6.45, 7) is 4.36. The summed E-state index contributed by atoms with van der Waals surface area (Å²) in [5.41, 5.74) is 9.75. The van der Waals surface area contributed by atoms with Crippen LogP contribution in [0.5, 0.6) is 0 Å². The predicted molar refractivity (Wildman–Crippen MR) is 65.3 cm³/mol. The van der Waals surface area contributed by atoms with Crippen LogP contribution >= 0.6 is 0 Å². The van der Waals surface area contributed by atoms with Crippen molar-refractivity contribution in [1.29, 1.82) is 0 Å². The lowest BCUT2D eigenvalue weighted by Gasteiger charge is -2.12. The molecule has 0 saturated heterocycles. The predicted octanol–water partition coefficient (Wildman–Crippen LogP) is 2.63. The molecule has 3 heteroatoms. The Kier molecular flexibility index (Phi) is 1.89. The molecule has 1 aromatic heterocycles. The van der Waals surface area contributed by atoms with Crippen LogP contribution < -0.4 is 5.73 Å². The number of rotatable bonds is 2. The zero-order valence-corrected chi connectivity index (χ0v) is 9.75. The first-order valence-electron chi connectivity index (χ1n) is 5.88. The minimum Gasteiger partial charge on any atom is -0.321 e. The zero-order valence-electron chi connectivity index (χ0n) is 9.75. The number of aromatic nitrogens is 2. The molecule has 1 fully saturated rings. The van der Waals surface area contributed by atoms with Crippen molar-refractivity contribution in [2.75, 3.05) is 0 Å². The molecule has 1 aliphatic carbocycles. The second-order valence-electron chi connectivity index (χ2n) is 5.15. The number of nitrogens with one attached hydrogen (secondary N) is 1. The number of hydrogen-bond donors (Lipinski definition) is 2. The number of H-pyrrole nitrogens is 1. The zero-order chi connectivity index (χ0) is 11.3. The third-order valence-corrected chi connectivity index (χ3v) is 3.51. The van der Waals surface area contributed by atoms with E-state index < -0.39 is 0 Å². The first-order chi connectivity index (χ1) is 7.62. The lowest BCUT2D eigenvalue weighted by Crippen LogP contribution is -2.19. The van der Waals surface area contributed by atoms with Crippen LogP contribution in [0.2, 0.25) is 0 Å². The molecule has 3 rings (SSSR count). The largest absolute Gasteiger partial charge is 0.321 e. The van der Waals surface area contributed by atoms with Gasteiger partial charge < -0.3 is 5.73 Å². The van der Waals surface area contributed by atoms with Crippen molar-refractivity contribution < 1.29 is 0 Å². The Morgan fingerprint density at radius 1 is 1.38 bits per heavy atom. The van der Waals surface area contributed by atoms with Crippen molar-refractivity contribution in [3.05, 3.63) is 29.5 Å². The molecule has 3 N–H and O–H groups in total. The number of hydrogen-bond acceptors (Lipinski definition) is 2. The number of benzene rings is 1. The Hall–Kier alpha value is -1.35. The van der Waals surface area contributed by atoms with E-state index in [1.54, 1.807) is 0 Å². The molecule has 0 amide bonds. The van der Waals surface area contributed by atoms with E-state index in [9.17, 15) is 0 Å². The molecule has 2 aromatic rings. The average Bonchev–Trinajstić information content (AvgIpc) is 2.86. The van der Waals surface area contributed by atoms with Gasteiger partial charge in [-0.15, -0.1) is 0 Å². The van der Waals surface area contributed by atoms with E-state index in [1.165, 1.54) is 16.6 Å². The number of aromatic amines is 1. The van der Waals surface area contributed by atoms with E-state index >= 15 is 0 Å². The second kappa shape index (κ2) is 3.08. The van der Waals surface area contributed by atoms with Gasteiger partial charge in [0, 0.05) is 16.6 Å². The van der Waals surface area contributed by atoms with E-state index in [4.69, 9.17) is 5.73 Å². The maximum atomic E-state index is 6.32. The first kappa shape index (κ1) is 9.85. The van der Waals surface area contributed by atoms with Gasteiger partial charge in [-0.05, 0) is 30.4 Å². The Morgan fingerprint density at radius 2 is 2.12 bits per heavy atom. The van der Waals surface area contributed by atoms with Gasteiger partial charge in [-0.3, -0.25) is 5.10 Å². The second-order valence-corrected chi connectivity index (χ2v) is 5.15. The van der Waals surface area contributed by atoms with Gasteiger partial charge in [-0.2, -0.15) is 5.10 Å². The summed E-state index contributed by atoms with van der Waals surface area (Å²) in [5.74, 6) is 0.452. The molecule has 1 saturated carbocycles. The van der Waals surface area contributed by atoms with Crippen molar-refractivity contribution in [2.24, 2.45) is 5.73 Å². The van der Waals surface area contributed by atoms with Crippen molar-refractivity contribution in [2.45, 2.75) is 38.1 Å². The maximum absolute atomic E-state index is 6.32. The van der Waals surface area contributed by atoms with Crippen molar-refractivity contribution >= 4 is 10.9 Å². The van der Waals surface area contributed by atoms with Crippen LogP contribution in [-0.2, 0) is 5.54 Å². The van der Waals surface area contributed by atoms with Crippen LogP contribution in [0.25, 0.3) is 10.9 Å². The highest BCUT2D eigenvalue weighted by Crippen LogP contribution is 2.46. The third kappa shape index (κ3) is 1.28. The summed E-state index contributed by atoms with van der Waals surface area (Å²) in [7, 11) is 0. The molecule has 0 unspecified atom stereocenters. The van der Waals surface area contributed by atoms with Gasteiger partial charge in [0.15, 0.2) is 0 Å². The van der Waals surface area contributed by atoms with Crippen LogP contribution in [0.15, 0.2) is 18.2 Å². The maximum Gasteiger partial charge on any atom is 0.0927 e. The molecule has 3 nitrogen and oxygen atoms in total.